The maximum absolute atomic E-state index is 12.2. The lowest BCUT2D eigenvalue weighted by molar-refractivity contribution is -0.125. The topological polar surface area (TPSA) is 55.1 Å². The Bertz CT molecular complexity index is 649. The smallest absolute Gasteiger partial charge is 0.237 e. The Kier molecular flexibility index (Phi) is 5.98. The second-order valence-electron chi connectivity index (χ2n) is 6.68. The highest BCUT2D eigenvalue weighted by Gasteiger charge is 2.28. The molecule has 120 valence electrons. The summed E-state index contributed by atoms with van der Waals surface area (Å²) in [5.41, 5.74) is 6.84. The van der Waals surface area contributed by atoms with Crippen LogP contribution in [0.4, 0.5) is 0 Å². The van der Waals surface area contributed by atoms with Crippen LogP contribution in [-0.2, 0) is 4.79 Å². The van der Waals surface area contributed by atoms with E-state index in [4.69, 9.17) is 5.73 Å². The number of nitrogens with one attached hydrogen (secondary N) is 1. The Balaban J connectivity index is 0.00000242. The van der Waals surface area contributed by atoms with Crippen LogP contribution in [0.1, 0.15) is 39.3 Å². The molecule has 0 saturated heterocycles. The SMILES string of the molecule is CC(NC(=O)[C@@H](N)C(C)(C)C)c1ccc2ccccc2c1.Cl. The van der Waals surface area contributed by atoms with Crippen molar-refractivity contribution in [2.24, 2.45) is 11.1 Å². The Morgan fingerprint density at radius 2 is 1.68 bits per heavy atom. The monoisotopic (exact) mass is 320 g/mol. The summed E-state index contributed by atoms with van der Waals surface area (Å²) in [4.78, 5) is 12.2. The molecule has 0 spiro atoms. The highest BCUT2D eigenvalue weighted by Crippen LogP contribution is 2.22. The number of hydrogen-bond donors (Lipinski definition) is 2. The van der Waals surface area contributed by atoms with Crippen molar-refractivity contribution in [3.05, 3.63) is 48.0 Å². The predicted molar refractivity (Wildman–Crippen MR) is 95.2 cm³/mol. The van der Waals surface area contributed by atoms with Crippen LogP contribution in [0.5, 0.6) is 0 Å². The Morgan fingerprint density at radius 3 is 2.27 bits per heavy atom. The van der Waals surface area contributed by atoms with Crippen LogP contribution in [0.2, 0.25) is 0 Å². The summed E-state index contributed by atoms with van der Waals surface area (Å²) in [7, 11) is 0. The average Bonchev–Trinajstić information content (AvgIpc) is 2.44. The predicted octanol–water partition coefficient (Wildman–Crippen LogP) is 3.81. The normalized spacial score (nSPS) is 14.0. The second-order valence-corrected chi connectivity index (χ2v) is 6.68. The molecule has 0 aliphatic rings. The van der Waals surface area contributed by atoms with E-state index in [0.29, 0.717) is 0 Å². The van der Waals surface area contributed by atoms with Gasteiger partial charge >= 0.3 is 0 Å². The van der Waals surface area contributed by atoms with Crippen molar-refractivity contribution < 1.29 is 4.79 Å². The molecule has 1 amide bonds. The molecule has 0 aliphatic carbocycles. The van der Waals surface area contributed by atoms with Crippen molar-refractivity contribution in [2.75, 3.05) is 0 Å². The van der Waals surface area contributed by atoms with Gasteiger partial charge in [0.1, 0.15) is 0 Å². The lowest BCUT2D eigenvalue weighted by Crippen LogP contribution is -2.49. The maximum Gasteiger partial charge on any atom is 0.237 e. The van der Waals surface area contributed by atoms with E-state index in [-0.39, 0.29) is 29.8 Å². The van der Waals surface area contributed by atoms with Crippen molar-refractivity contribution in [1.82, 2.24) is 5.32 Å². The molecule has 2 rings (SSSR count). The van der Waals surface area contributed by atoms with Crippen molar-refractivity contribution in [3.63, 3.8) is 0 Å². The van der Waals surface area contributed by atoms with Gasteiger partial charge in [-0.15, -0.1) is 12.4 Å². The number of nitrogens with two attached hydrogens (primary N) is 1. The van der Waals surface area contributed by atoms with Crippen LogP contribution in [-0.4, -0.2) is 11.9 Å². The van der Waals surface area contributed by atoms with Crippen molar-refractivity contribution >= 4 is 29.1 Å². The van der Waals surface area contributed by atoms with Gasteiger partial charge in [-0.05, 0) is 34.7 Å². The number of carbonyl (C=O) groups is 1. The number of benzene rings is 2. The number of amides is 1. The van der Waals surface area contributed by atoms with Gasteiger partial charge in [0, 0.05) is 0 Å². The Hall–Kier alpha value is -1.58. The van der Waals surface area contributed by atoms with Gasteiger partial charge in [0.2, 0.25) is 5.91 Å². The van der Waals surface area contributed by atoms with E-state index in [2.05, 4.69) is 35.6 Å². The fraction of sp³-hybridized carbons (Fsp3) is 0.389. The minimum atomic E-state index is -0.514. The molecule has 0 heterocycles. The summed E-state index contributed by atoms with van der Waals surface area (Å²) in [6, 6.07) is 13.9. The second kappa shape index (κ2) is 7.12. The van der Waals surface area contributed by atoms with Crippen LogP contribution >= 0.6 is 12.4 Å². The minimum absolute atomic E-state index is 0. The van der Waals surface area contributed by atoms with E-state index in [1.54, 1.807) is 0 Å². The molecule has 2 atom stereocenters. The van der Waals surface area contributed by atoms with E-state index in [9.17, 15) is 4.79 Å². The van der Waals surface area contributed by atoms with E-state index >= 15 is 0 Å². The first-order valence-corrected chi connectivity index (χ1v) is 7.33. The van der Waals surface area contributed by atoms with E-state index in [0.717, 1.165) is 5.56 Å². The molecule has 1 unspecified atom stereocenters. The number of rotatable bonds is 3. The third-order valence-electron chi connectivity index (χ3n) is 3.85. The zero-order valence-electron chi connectivity index (χ0n) is 13.6. The molecule has 0 radical (unpaired) electrons. The van der Waals surface area contributed by atoms with Crippen molar-refractivity contribution in [1.29, 1.82) is 0 Å². The fourth-order valence-electron chi connectivity index (χ4n) is 2.26. The quantitative estimate of drug-likeness (QED) is 0.903. The van der Waals surface area contributed by atoms with Crippen LogP contribution in [0.15, 0.2) is 42.5 Å². The van der Waals surface area contributed by atoms with Crippen LogP contribution in [0.25, 0.3) is 10.8 Å². The molecule has 0 aromatic heterocycles. The summed E-state index contributed by atoms with van der Waals surface area (Å²) in [5.74, 6) is -0.108. The molecule has 0 bridgehead atoms. The average molecular weight is 321 g/mol. The van der Waals surface area contributed by atoms with Crippen molar-refractivity contribution in [3.8, 4) is 0 Å². The van der Waals surface area contributed by atoms with Gasteiger partial charge < -0.3 is 11.1 Å². The molecule has 3 N–H and O–H groups in total. The standard InChI is InChI=1S/C18H24N2O.ClH/c1-12(20-17(21)16(19)18(2,3)4)14-10-9-13-7-5-6-8-15(13)11-14;/h5-12,16H,19H2,1-4H3,(H,20,21);1H/t12?,16-;/m1./s1. The van der Waals surface area contributed by atoms with Gasteiger partial charge in [0.15, 0.2) is 0 Å². The maximum atomic E-state index is 12.2. The Morgan fingerprint density at radius 1 is 1.09 bits per heavy atom. The summed E-state index contributed by atoms with van der Waals surface area (Å²) in [5, 5.41) is 5.38. The fourth-order valence-corrected chi connectivity index (χ4v) is 2.26. The molecular weight excluding hydrogens is 296 g/mol. The third-order valence-corrected chi connectivity index (χ3v) is 3.85. The van der Waals surface area contributed by atoms with E-state index < -0.39 is 6.04 Å². The number of hydrogen-bond acceptors (Lipinski definition) is 2. The van der Waals surface area contributed by atoms with Gasteiger partial charge in [0.25, 0.3) is 0 Å². The van der Waals surface area contributed by atoms with Crippen LogP contribution in [0.3, 0.4) is 0 Å². The van der Waals surface area contributed by atoms with Crippen LogP contribution in [0, 0.1) is 5.41 Å². The van der Waals surface area contributed by atoms with Gasteiger partial charge in [-0.2, -0.15) is 0 Å². The molecule has 0 aliphatic heterocycles. The minimum Gasteiger partial charge on any atom is -0.348 e. The Labute approximate surface area is 138 Å². The summed E-state index contributed by atoms with van der Waals surface area (Å²) < 4.78 is 0. The molecule has 2 aromatic carbocycles. The van der Waals surface area contributed by atoms with Gasteiger partial charge in [-0.25, -0.2) is 0 Å². The van der Waals surface area contributed by atoms with E-state index in [1.807, 2.05) is 39.8 Å². The summed E-state index contributed by atoms with van der Waals surface area (Å²) in [6.45, 7) is 7.89. The lowest BCUT2D eigenvalue weighted by atomic mass is 9.86. The van der Waals surface area contributed by atoms with Gasteiger partial charge in [-0.1, -0.05) is 57.2 Å². The largest absolute Gasteiger partial charge is 0.348 e. The zero-order valence-corrected chi connectivity index (χ0v) is 14.4. The highest BCUT2D eigenvalue weighted by molar-refractivity contribution is 5.85. The molecular formula is C18H25ClN2O. The third kappa shape index (κ3) is 4.21. The lowest BCUT2D eigenvalue weighted by Gasteiger charge is -2.27. The van der Waals surface area contributed by atoms with E-state index in [1.165, 1.54) is 10.8 Å². The van der Waals surface area contributed by atoms with Gasteiger partial charge in [-0.3, -0.25) is 4.79 Å². The molecule has 3 nitrogen and oxygen atoms in total. The molecule has 2 aromatic rings. The first-order chi connectivity index (χ1) is 9.79. The number of carbonyl (C=O) groups excluding carboxylic acids is 1. The highest BCUT2D eigenvalue weighted by atomic mass is 35.5. The summed E-state index contributed by atoms with van der Waals surface area (Å²) >= 11 is 0. The zero-order chi connectivity index (χ0) is 15.6. The molecule has 4 heteroatoms. The van der Waals surface area contributed by atoms with Crippen molar-refractivity contribution in [2.45, 2.75) is 39.8 Å². The first-order valence-electron chi connectivity index (χ1n) is 7.33. The van der Waals surface area contributed by atoms with Crippen LogP contribution < -0.4 is 11.1 Å². The molecule has 0 saturated carbocycles. The number of fused-ring (bicyclic) bond motifs is 1. The van der Waals surface area contributed by atoms with Gasteiger partial charge in [0.05, 0.1) is 12.1 Å². The molecule has 22 heavy (non-hydrogen) atoms. The molecule has 0 fully saturated rings. The number of halogens is 1. The first kappa shape index (κ1) is 18.5. The summed E-state index contributed by atoms with van der Waals surface area (Å²) in [6.07, 6.45) is 0.